The summed E-state index contributed by atoms with van der Waals surface area (Å²) in [6.45, 7) is 4.35. The molecule has 0 radical (unpaired) electrons. The SMILES string of the molecule is Cc1ccc(C2(c3ccc(C)cc3)c3ccccc3-c3c(N(c4ccccc4-c4ccccc4)C4C=CC(c5ccccc5-c5ccccc5)=CC4)cccc32)cc1. The second-order valence-corrected chi connectivity index (χ2v) is 15.7. The average molecular weight is 744 g/mol. The molecule has 1 nitrogen and oxygen atoms in total. The van der Waals surface area contributed by atoms with Crippen molar-refractivity contribution in [3.63, 3.8) is 0 Å². The Kier molecular flexibility index (Phi) is 9.07. The van der Waals surface area contributed by atoms with Gasteiger partial charge in [-0.15, -0.1) is 0 Å². The molecule has 1 unspecified atom stereocenters. The van der Waals surface area contributed by atoms with Crippen LogP contribution >= 0.6 is 0 Å². The molecule has 278 valence electrons. The first-order valence-corrected chi connectivity index (χ1v) is 20.5. The maximum Gasteiger partial charge on any atom is 0.0714 e. The van der Waals surface area contributed by atoms with Crippen molar-refractivity contribution >= 4 is 16.9 Å². The van der Waals surface area contributed by atoms with Gasteiger partial charge < -0.3 is 4.90 Å². The van der Waals surface area contributed by atoms with Crippen molar-refractivity contribution in [3.8, 4) is 33.4 Å². The van der Waals surface area contributed by atoms with Gasteiger partial charge in [0.15, 0.2) is 0 Å². The van der Waals surface area contributed by atoms with Gasteiger partial charge in [-0.3, -0.25) is 0 Å². The third kappa shape index (κ3) is 5.94. The highest BCUT2D eigenvalue weighted by Crippen LogP contribution is 2.59. The minimum atomic E-state index is -0.495. The molecule has 0 fully saturated rings. The fourth-order valence-corrected chi connectivity index (χ4v) is 9.54. The molecule has 0 N–H and O–H groups in total. The van der Waals surface area contributed by atoms with E-state index in [9.17, 15) is 0 Å². The molecule has 0 heterocycles. The standard InChI is InChI=1S/C57H45N/c1-40-28-34-45(35-29-40)57(46-36-30-41(2)31-37-46)52-24-13-11-23-51(52)56-53(57)25-15-27-55(56)58(54-26-14-12-22-50(54)43-18-7-4-8-19-43)47-38-32-44(33-39-47)49-21-10-9-20-48(49)42-16-5-3-6-17-42/h3-38,47H,39H2,1-2H3. The van der Waals surface area contributed by atoms with Gasteiger partial charge in [-0.2, -0.15) is 0 Å². The molecule has 0 bridgehead atoms. The van der Waals surface area contributed by atoms with Crippen molar-refractivity contribution in [1.29, 1.82) is 0 Å². The van der Waals surface area contributed by atoms with Crippen LogP contribution < -0.4 is 4.90 Å². The predicted molar refractivity (Wildman–Crippen MR) is 245 cm³/mol. The van der Waals surface area contributed by atoms with Crippen molar-refractivity contribution in [2.45, 2.75) is 31.7 Å². The second-order valence-electron chi connectivity index (χ2n) is 15.7. The van der Waals surface area contributed by atoms with Gasteiger partial charge in [-0.25, -0.2) is 0 Å². The van der Waals surface area contributed by atoms with Gasteiger partial charge in [0.2, 0.25) is 0 Å². The molecule has 0 saturated carbocycles. The fraction of sp³-hybridized carbons (Fsp3) is 0.0877. The summed E-state index contributed by atoms with van der Waals surface area (Å²) in [6.07, 6.45) is 8.09. The smallest absolute Gasteiger partial charge is 0.0714 e. The van der Waals surface area contributed by atoms with Gasteiger partial charge in [-0.05, 0) is 88.0 Å². The van der Waals surface area contributed by atoms with E-state index in [4.69, 9.17) is 0 Å². The van der Waals surface area contributed by atoms with Crippen LogP contribution in [0.2, 0.25) is 0 Å². The van der Waals surface area contributed by atoms with Crippen LogP contribution in [0.25, 0.3) is 39.0 Å². The van der Waals surface area contributed by atoms with Crippen molar-refractivity contribution in [2.24, 2.45) is 0 Å². The van der Waals surface area contributed by atoms with E-state index in [0.717, 1.165) is 6.42 Å². The van der Waals surface area contributed by atoms with Crippen LogP contribution in [0, 0.1) is 13.8 Å². The molecule has 58 heavy (non-hydrogen) atoms. The third-order valence-electron chi connectivity index (χ3n) is 12.3. The number of nitrogens with zero attached hydrogens (tertiary/aromatic N) is 1. The minimum absolute atomic E-state index is 0.0601. The second kappa shape index (κ2) is 14.8. The highest BCUT2D eigenvalue weighted by molar-refractivity contribution is 5.97. The Labute approximate surface area is 342 Å². The average Bonchev–Trinajstić information content (AvgIpc) is 3.59. The summed E-state index contributed by atoms with van der Waals surface area (Å²) in [5, 5.41) is 0. The zero-order valence-corrected chi connectivity index (χ0v) is 33.0. The highest BCUT2D eigenvalue weighted by atomic mass is 15.2. The maximum absolute atomic E-state index is 2.63. The topological polar surface area (TPSA) is 3.24 Å². The monoisotopic (exact) mass is 743 g/mol. The number of allylic oxidation sites excluding steroid dienone is 2. The normalized spacial score (nSPS) is 15.0. The largest absolute Gasteiger partial charge is 0.333 e. The molecule has 1 heteroatoms. The highest BCUT2D eigenvalue weighted by Gasteiger charge is 2.47. The van der Waals surface area contributed by atoms with Gasteiger partial charge in [0.05, 0.1) is 11.5 Å². The number of fused-ring (bicyclic) bond motifs is 3. The van der Waals surface area contributed by atoms with Crippen LogP contribution in [-0.2, 0) is 5.41 Å². The van der Waals surface area contributed by atoms with Crippen LogP contribution in [0.5, 0.6) is 0 Å². The number of benzene rings is 8. The Bertz CT molecular complexity index is 2760. The number of hydrogen-bond donors (Lipinski definition) is 0. The molecular formula is C57H45N. The zero-order valence-electron chi connectivity index (χ0n) is 33.0. The van der Waals surface area contributed by atoms with E-state index in [2.05, 4.69) is 237 Å². The maximum atomic E-state index is 2.63. The fourth-order valence-electron chi connectivity index (χ4n) is 9.54. The van der Waals surface area contributed by atoms with E-state index in [1.807, 2.05) is 0 Å². The lowest BCUT2D eigenvalue weighted by atomic mass is 9.67. The first-order chi connectivity index (χ1) is 28.6. The molecule has 2 aliphatic carbocycles. The van der Waals surface area contributed by atoms with Crippen LogP contribution in [0.4, 0.5) is 11.4 Å². The molecule has 0 amide bonds. The number of aryl methyl sites for hydroxylation is 2. The van der Waals surface area contributed by atoms with Gasteiger partial charge in [0.25, 0.3) is 0 Å². The van der Waals surface area contributed by atoms with Gasteiger partial charge in [0.1, 0.15) is 0 Å². The lowest BCUT2D eigenvalue weighted by molar-refractivity contribution is 0.764. The van der Waals surface area contributed by atoms with E-state index >= 15 is 0 Å². The van der Waals surface area contributed by atoms with Crippen LogP contribution in [0.3, 0.4) is 0 Å². The Morgan fingerprint density at radius 3 is 1.55 bits per heavy atom. The molecule has 0 spiro atoms. The lowest BCUT2D eigenvalue weighted by Crippen LogP contribution is -2.32. The van der Waals surface area contributed by atoms with Gasteiger partial charge in [0, 0.05) is 22.5 Å². The number of para-hydroxylation sites is 1. The van der Waals surface area contributed by atoms with E-state index in [1.54, 1.807) is 0 Å². The van der Waals surface area contributed by atoms with Crippen molar-refractivity contribution < 1.29 is 0 Å². The summed E-state index contributed by atoms with van der Waals surface area (Å²) in [6, 6.07) is 74.0. The van der Waals surface area contributed by atoms with E-state index < -0.39 is 5.41 Å². The summed E-state index contributed by atoms with van der Waals surface area (Å²) in [5.74, 6) is 0. The molecule has 8 aromatic rings. The molecule has 10 rings (SSSR count). The molecular weight excluding hydrogens is 699 g/mol. The molecule has 1 atom stereocenters. The van der Waals surface area contributed by atoms with E-state index in [-0.39, 0.29) is 6.04 Å². The van der Waals surface area contributed by atoms with Crippen molar-refractivity contribution in [1.82, 2.24) is 0 Å². The van der Waals surface area contributed by atoms with Crippen molar-refractivity contribution in [3.05, 3.63) is 257 Å². The first kappa shape index (κ1) is 35.5. The summed E-state index contributed by atoms with van der Waals surface area (Å²) in [4.78, 5) is 2.63. The molecule has 0 aliphatic heterocycles. The summed E-state index contributed by atoms with van der Waals surface area (Å²) >= 11 is 0. The third-order valence-corrected chi connectivity index (χ3v) is 12.3. The Morgan fingerprint density at radius 1 is 0.431 bits per heavy atom. The van der Waals surface area contributed by atoms with E-state index in [0.29, 0.717) is 0 Å². The molecule has 2 aliphatic rings. The summed E-state index contributed by atoms with van der Waals surface area (Å²) in [7, 11) is 0. The van der Waals surface area contributed by atoms with Crippen LogP contribution in [0.1, 0.15) is 45.4 Å². The summed E-state index contributed by atoms with van der Waals surface area (Å²) in [5.41, 5.74) is 19.6. The van der Waals surface area contributed by atoms with E-state index in [1.165, 1.54) is 89.3 Å². The van der Waals surface area contributed by atoms with Crippen molar-refractivity contribution in [2.75, 3.05) is 4.90 Å². The van der Waals surface area contributed by atoms with Gasteiger partial charge in [-0.1, -0.05) is 217 Å². The Balaban J connectivity index is 1.19. The zero-order chi connectivity index (χ0) is 39.1. The Hall–Kier alpha value is -6.96. The quantitative estimate of drug-likeness (QED) is 0.150. The minimum Gasteiger partial charge on any atom is -0.333 e. The first-order valence-electron chi connectivity index (χ1n) is 20.5. The van der Waals surface area contributed by atoms with Crippen LogP contribution in [0.15, 0.2) is 218 Å². The molecule has 0 saturated heterocycles. The number of hydrogen-bond acceptors (Lipinski definition) is 1. The summed E-state index contributed by atoms with van der Waals surface area (Å²) < 4.78 is 0. The molecule has 0 aromatic heterocycles. The van der Waals surface area contributed by atoms with Crippen LogP contribution in [-0.4, -0.2) is 6.04 Å². The molecule has 8 aromatic carbocycles. The number of rotatable bonds is 8. The predicted octanol–water partition coefficient (Wildman–Crippen LogP) is 14.6. The lowest BCUT2D eigenvalue weighted by Gasteiger charge is -2.37. The Morgan fingerprint density at radius 2 is 0.931 bits per heavy atom. The van der Waals surface area contributed by atoms with Gasteiger partial charge >= 0.3 is 0 Å². The number of anilines is 2.